The van der Waals surface area contributed by atoms with Crippen LogP contribution in [0, 0.1) is 5.92 Å². The third-order valence-electron chi connectivity index (χ3n) is 4.36. The number of alkyl halides is 1. The number of rotatable bonds is 4. The van der Waals surface area contributed by atoms with Gasteiger partial charge in [0.2, 0.25) is 0 Å². The summed E-state index contributed by atoms with van der Waals surface area (Å²) in [7, 11) is 0. The highest BCUT2D eigenvalue weighted by Crippen LogP contribution is 2.35. The van der Waals surface area contributed by atoms with Crippen molar-refractivity contribution in [3.63, 3.8) is 0 Å². The van der Waals surface area contributed by atoms with Crippen LogP contribution >= 0.6 is 22.6 Å². The molecule has 1 nitrogen and oxygen atoms in total. The standard InChI is InChI=1S/C14H25IO/c15-12-14(9-5-2-6-10-14)16-11-13-7-3-1-4-8-13/h13H,1-12H2. The van der Waals surface area contributed by atoms with E-state index in [9.17, 15) is 0 Å². The van der Waals surface area contributed by atoms with Crippen LogP contribution in [0.15, 0.2) is 0 Å². The minimum absolute atomic E-state index is 0.260. The van der Waals surface area contributed by atoms with E-state index in [4.69, 9.17) is 4.74 Å². The molecule has 2 fully saturated rings. The molecule has 2 aliphatic rings. The van der Waals surface area contributed by atoms with Gasteiger partial charge in [-0.3, -0.25) is 0 Å². The Morgan fingerprint density at radius 2 is 1.56 bits per heavy atom. The van der Waals surface area contributed by atoms with Crippen LogP contribution < -0.4 is 0 Å². The first-order valence-electron chi connectivity index (χ1n) is 7.05. The summed E-state index contributed by atoms with van der Waals surface area (Å²) in [5.41, 5.74) is 0.260. The summed E-state index contributed by atoms with van der Waals surface area (Å²) in [6, 6.07) is 0. The molecule has 0 aromatic heterocycles. The van der Waals surface area contributed by atoms with Gasteiger partial charge in [-0.2, -0.15) is 0 Å². The van der Waals surface area contributed by atoms with Gasteiger partial charge in [-0.25, -0.2) is 0 Å². The highest BCUT2D eigenvalue weighted by molar-refractivity contribution is 14.1. The van der Waals surface area contributed by atoms with Crippen LogP contribution in [-0.2, 0) is 4.74 Å². The number of hydrogen-bond acceptors (Lipinski definition) is 1. The summed E-state index contributed by atoms with van der Waals surface area (Å²) in [4.78, 5) is 0. The third kappa shape index (κ3) is 3.59. The molecule has 2 rings (SSSR count). The van der Waals surface area contributed by atoms with E-state index in [1.165, 1.54) is 68.6 Å². The van der Waals surface area contributed by atoms with Gasteiger partial charge in [-0.15, -0.1) is 0 Å². The smallest absolute Gasteiger partial charge is 0.0771 e. The number of hydrogen-bond donors (Lipinski definition) is 0. The van der Waals surface area contributed by atoms with E-state index >= 15 is 0 Å². The zero-order valence-corrected chi connectivity index (χ0v) is 12.5. The van der Waals surface area contributed by atoms with Gasteiger partial charge in [0, 0.05) is 4.43 Å². The number of ether oxygens (including phenoxy) is 1. The molecule has 2 aliphatic carbocycles. The molecule has 0 unspecified atom stereocenters. The largest absolute Gasteiger partial charge is 0.374 e. The maximum Gasteiger partial charge on any atom is 0.0771 e. The predicted molar refractivity (Wildman–Crippen MR) is 77.2 cm³/mol. The molecule has 0 radical (unpaired) electrons. The molecule has 0 aromatic rings. The first-order chi connectivity index (χ1) is 7.85. The predicted octanol–water partition coefficient (Wildman–Crippen LogP) is 4.72. The summed E-state index contributed by atoms with van der Waals surface area (Å²) < 4.78 is 7.54. The Morgan fingerprint density at radius 1 is 0.938 bits per heavy atom. The minimum Gasteiger partial charge on any atom is -0.374 e. The maximum absolute atomic E-state index is 6.35. The Labute approximate surface area is 114 Å². The monoisotopic (exact) mass is 336 g/mol. The second-order valence-corrected chi connectivity index (χ2v) is 6.46. The molecular formula is C14H25IO. The molecule has 0 amide bonds. The third-order valence-corrected chi connectivity index (χ3v) is 5.75. The molecule has 0 aliphatic heterocycles. The first kappa shape index (κ1) is 13.1. The van der Waals surface area contributed by atoms with E-state index in [2.05, 4.69) is 22.6 Å². The second kappa shape index (κ2) is 6.58. The van der Waals surface area contributed by atoms with E-state index < -0.39 is 0 Å². The fraction of sp³-hybridized carbons (Fsp3) is 1.00. The zero-order chi connectivity index (χ0) is 11.3. The summed E-state index contributed by atoms with van der Waals surface area (Å²) >= 11 is 2.53. The van der Waals surface area contributed by atoms with Gasteiger partial charge in [0.1, 0.15) is 0 Å². The highest BCUT2D eigenvalue weighted by atomic mass is 127. The Balaban J connectivity index is 1.77. The van der Waals surface area contributed by atoms with E-state index in [1.54, 1.807) is 0 Å². The molecule has 0 heterocycles. The van der Waals surface area contributed by atoms with Gasteiger partial charge in [-0.05, 0) is 31.6 Å². The van der Waals surface area contributed by atoms with E-state index in [0.717, 1.165) is 12.5 Å². The van der Waals surface area contributed by atoms with Gasteiger partial charge >= 0.3 is 0 Å². The molecule has 2 heteroatoms. The highest BCUT2D eigenvalue weighted by Gasteiger charge is 2.32. The topological polar surface area (TPSA) is 9.23 Å². The van der Waals surface area contributed by atoms with Gasteiger partial charge in [-0.1, -0.05) is 61.1 Å². The van der Waals surface area contributed by atoms with Gasteiger partial charge in [0.15, 0.2) is 0 Å². The van der Waals surface area contributed by atoms with E-state index in [-0.39, 0.29) is 5.60 Å². The molecule has 0 atom stereocenters. The lowest BCUT2D eigenvalue weighted by molar-refractivity contribution is -0.0686. The number of halogens is 1. The van der Waals surface area contributed by atoms with Crippen LogP contribution in [0.5, 0.6) is 0 Å². The summed E-state index contributed by atoms with van der Waals surface area (Å²) in [5.74, 6) is 0.871. The lowest BCUT2D eigenvalue weighted by Gasteiger charge is -2.37. The molecule has 94 valence electrons. The summed E-state index contributed by atoms with van der Waals surface area (Å²) in [6.07, 6.45) is 14.0. The van der Waals surface area contributed by atoms with Crippen molar-refractivity contribution in [3.05, 3.63) is 0 Å². The van der Waals surface area contributed by atoms with Crippen molar-refractivity contribution in [1.82, 2.24) is 0 Å². The van der Waals surface area contributed by atoms with Crippen molar-refractivity contribution in [2.75, 3.05) is 11.0 Å². The van der Waals surface area contributed by atoms with Crippen molar-refractivity contribution in [3.8, 4) is 0 Å². The maximum atomic E-state index is 6.35. The fourth-order valence-corrected chi connectivity index (χ4v) is 4.14. The summed E-state index contributed by atoms with van der Waals surface area (Å²) in [6.45, 7) is 1.04. The normalized spacial score (nSPS) is 26.8. The Bertz CT molecular complexity index is 193. The Morgan fingerprint density at radius 3 is 2.19 bits per heavy atom. The zero-order valence-electron chi connectivity index (χ0n) is 10.3. The lowest BCUT2D eigenvalue weighted by atomic mass is 9.85. The van der Waals surface area contributed by atoms with Gasteiger partial charge in [0.25, 0.3) is 0 Å². The van der Waals surface area contributed by atoms with Crippen molar-refractivity contribution >= 4 is 22.6 Å². The molecule has 0 N–H and O–H groups in total. The van der Waals surface area contributed by atoms with Crippen LogP contribution in [0.25, 0.3) is 0 Å². The van der Waals surface area contributed by atoms with Crippen LogP contribution in [0.3, 0.4) is 0 Å². The lowest BCUT2D eigenvalue weighted by Crippen LogP contribution is -2.38. The van der Waals surface area contributed by atoms with Crippen molar-refractivity contribution < 1.29 is 4.74 Å². The molecule has 0 spiro atoms. The molecule has 16 heavy (non-hydrogen) atoms. The molecule has 0 saturated heterocycles. The van der Waals surface area contributed by atoms with Crippen molar-refractivity contribution in [1.29, 1.82) is 0 Å². The van der Waals surface area contributed by atoms with Crippen LogP contribution in [0.1, 0.15) is 64.2 Å². The van der Waals surface area contributed by atoms with E-state index in [0.29, 0.717) is 0 Å². The average molecular weight is 336 g/mol. The SMILES string of the molecule is ICC1(OCC2CCCCC2)CCCCC1. The molecule has 2 saturated carbocycles. The average Bonchev–Trinajstić information content (AvgIpc) is 2.39. The van der Waals surface area contributed by atoms with Gasteiger partial charge in [0.05, 0.1) is 12.2 Å². The quantitative estimate of drug-likeness (QED) is 0.533. The van der Waals surface area contributed by atoms with Crippen molar-refractivity contribution in [2.24, 2.45) is 5.92 Å². The molecule has 0 aromatic carbocycles. The minimum atomic E-state index is 0.260. The van der Waals surface area contributed by atoms with E-state index in [1.807, 2.05) is 0 Å². The van der Waals surface area contributed by atoms with Crippen molar-refractivity contribution in [2.45, 2.75) is 69.8 Å². The Hall–Kier alpha value is 0.690. The van der Waals surface area contributed by atoms with Crippen LogP contribution in [0.2, 0.25) is 0 Å². The van der Waals surface area contributed by atoms with Crippen LogP contribution in [0.4, 0.5) is 0 Å². The fourth-order valence-electron chi connectivity index (χ4n) is 3.16. The summed E-state index contributed by atoms with van der Waals surface area (Å²) in [5, 5.41) is 0. The molecular weight excluding hydrogens is 311 g/mol. The molecule has 0 bridgehead atoms. The first-order valence-corrected chi connectivity index (χ1v) is 8.57. The van der Waals surface area contributed by atoms with Gasteiger partial charge < -0.3 is 4.74 Å². The second-order valence-electron chi connectivity index (χ2n) is 5.69. The Kier molecular flexibility index (Phi) is 5.40. The van der Waals surface area contributed by atoms with Crippen LogP contribution in [-0.4, -0.2) is 16.6 Å².